The highest BCUT2D eigenvalue weighted by molar-refractivity contribution is 6.32. The molecule has 1 atom stereocenters. The van der Waals surface area contributed by atoms with Crippen molar-refractivity contribution in [1.82, 2.24) is 19.9 Å². The number of hydrogen-bond donors (Lipinski definition) is 0. The summed E-state index contributed by atoms with van der Waals surface area (Å²) in [7, 11) is 0. The summed E-state index contributed by atoms with van der Waals surface area (Å²) >= 11 is 6.15. The third-order valence-electron chi connectivity index (χ3n) is 4.12. The van der Waals surface area contributed by atoms with E-state index < -0.39 is 0 Å². The predicted molar refractivity (Wildman–Crippen MR) is 85.3 cm³/mol. The predicted octanol–water partition coefficient (Wildman–Crippen LogP) is 3.18. The molecule has 0 aliphatic carbocycles. The van der Waals surface area contributed by atoms with E-state index >= 15 is 0 Å². The molecule has 22 heavy (non-hydrogen) atoms. The number of para-hydroxylation sites is 1. The number of aromatic nitrogens is 3. The molecule has 2 aromatic rings. The van der Waals surface area contributed by atoms with Crippen molar-refractivity contribution < 1.29 is 4.79 Å². The maximum absolute atomic E-state index is 12.6. The summed E-state index contributed by atoms with van der Waals surface area (Å²) in [4.78, 5) is 14.4. The molecule has 1 aliphatic rings. The molecule has 0 saturated carbocycles. The minimum atomic E-state index is -0.0487. The highest BCUT2D eigenvalue weighted by atomic mass is 35.5. The topological polar surface area (TPSA) is 51.0 Å². The van der Waals surface area contributed by atoms with Crippen LogP contribution in [0.4, 0.5) is 0 Å². The van der Waals surface area contributed by atoms with Crippen LogP contribution in [0.25, 0.3) is 5.69 Å². The number of halogens is 1. The fraction of sp³-hybridized carbons (Fsp3) is 0.438. The molecule has 1 aromatic heterocycles. The number of hydrogen-bond acceptors (Lipinski definition) is 3. The van der Waals surface area contributed by atoms with Crippen LogP contribution in [0.15, 0.2) is 30.5 Å². The van der Waals surface area contributed by atoms with Gasteiger partial charge in [0.1, 0.15) is 0 Å². The van der Waals surface area contributed by atoms with Gasteiger partial charge in [0.2, 0.25) is 0 Å². The molecular formula is C16H19ClN4O. The van der Waals surface area contributed by atoms with Crippen molar-refractivity contribution in [3.05, 3.63) is 41.2 Å². The Morgan fingerprint density at radius 3 is 2.91 bits per heavy atom. The SMILES string of the molecule is CC1CCCN(C(=O)c2cn(-c3ccccc3Cl)nn2)CC1. The van der Waals surface area contributed by atoms with Crippen molar-refractivity contribution in [1.29, 1.82) is 0 Å². The molecule has 1 aliphatic heterocycles. The molecule has 5 nitrogen and oxygen atoms in total. The first-order valence-corrected chi connectivity index (χ1v) is 7.99. The number of benzene rings is 1. The first kappa shape index (κ1) is 15.0. The van der Waals surface area contributed by atoms with E-state index in [-0.39, 0.29) is 5.91 Å². The van der Waals surface area contributed by atoms with E-state index in [0.29, 0.717) is 16.6 Å². The van der Waals surface area contributed by atoms with Crippen molar-refractivity contribution in [3.8, 4) is 5.69 Å². The van der Waals surface area contributed by atoms with E-state index in [1.54, 1.807) is 16.9 Å². The molecule has 0 N–H and O–H groups in total. The number of rotatable bonds is 2. The van der Waals surface area contributed by atoms with Gasteiger partial charge in [-0.05, 0) is 37.3 Å². The van der Waals surface area contributed by atoms with Crippen LogP contribution in [-0.2, 0) is 0 Å². The zero-order valence-electron chi connectivity index (χ0n) is 12.6. The van der Waals surface area contributed by atoms with Gasteiger partial charge in [0, 0.05) is 13.1 Å². The molecule has 0 radical (unpaired) electrons. The van der Waals surface area contributed by atoms with Crippen LogP contribution in [0, 0.1) is 5.92 Å². The molecule has 1 amide bonds. The average Bonchev–Trinajstić information content (AvgIpc) is 2.90. The van der Waals surface area contributed by atoms with E-state index in [1.807, 2.05) is 23.1 Å². The monoisotopic (exact) mass is 318 g/mol. The fourth-order valence-electron chi connectivity index (χ4n) is 2.75. The molecule has 6 heteroatoms. The second kappa shape index (κ2) is 6.48. The third kappa shape index (κ3) is 3.14. The van der Waals surface area contributed by atoms with Gasteiger partial charge in [0.05, 0.1) is 16.9 Å². The third-order valence-corrected chi connectivity index (χ3v) is 4.44. The number of nitrogens with zero attached hydrogens (tertiary/aromatic N) is 4. The quantitative estimate of drug-likeness (QED) is 0.854. The Kier molecular flexibility index (Phi) is 4.43. The fourth-order valence-corrected chi connectivity index (χ4v) is 2.97. The van der Waals surface area contributed by atoms with Gasteiger partial charge >= 0.3 is 0 Å². The van der Waals surface area contributed by atoms with Crippen LogP contribution in [0.2, 0.25) is 5.02 Å². The van der Waals surface area contributed by atoms with Gasteiger partial charge in [-0.25, -0.2) is 4.68 Å². The van der Waals surface area contributed by atoms with Crippen molar-refractivity contribution in [2.75, 3.05) is 13.1 Å². The summed E-state index contributed by atoms with van der Waals surface area (Å²) in [5.74, 6) is 0.629. The zero-order chi connectivity index (χ0) is 15.5. The van der Waals surface area contributed by atoms with Crippen molar-refractivity contribution in [2.45, 2.75) is 26.2 Å². The molecule has 0 bridgehead atoms. The summed E-state index contributed by atoms with van der Waals surface area (Å²) in [6, 6.07) is 7.36. The lowest BCUT2D eigenvalue weighted by molar-refractivity contribution is 0.0754. The summed E-state index contributed by atoms with van der Waals surface area (Å²) in [5.41, 5.74) is 1.09. The summed E-state index contributed by atoms with van der Waals surface area (Å²) in [6.45, 7) is 3.82. The number of carbonyl (C=O) groups is 1. The van der Waals surface area contributed by atoms with Gasteiger partial charge in [-0.3, -0.25) is 4.79 Å². The van der Waals surface area contributed by atoms with Crippen LogP contribution >= 0.6 is 11.6 Å². The van der Waals surface area contributed by atoms with E-state index in [9.17, 15) is 4.79 Å². The van der Waals surface area contributed by atoms with Crippen LogP contribution in [-0.4, -0.2) is 38.9 Å². The maximum Gasteiger partial charge on any atom is 0.276 e. The Morgan fingerprint density at radius 2 is 2.09 bits per heavy atom. The normalized spacial score (nSPS) is 19.0. The molecule has 1 aromatic carbocycles. The number of carbonyl (C=O) groups excluding carboxylic acids is 1. The lowest BCUT2D eigenvalue weighted by Crippen LogP contribution is -2.32. The van der Waals surface area contributed by atoms with Gasteiger partial charge in [-0.2, -0.15) is 0 Å². The summed E-state index contributed by atoms with van der Waals surface area (Å²) in [6.07, 6.45) is 4.92. The maximum atomic E-state index is 12.6. The largest absolute Gasteiger partial charge is 0.337 e. The first-order valence-electron chi connectivity index (χ1n) is 7.61. The summed E-state index contributed by atoms with van der Waals surface area (Å²) in [5, 5.41) is 8.64. The molecule has 1 unspecified atom stereocenters. The molecular weight excluding hydrogens is 300 g/mol. The Bertz CT molecular complexity index is 670. The van der Waals surface area contributed by atoms with E-state index in [0.717, 1.165) is 31.6 Å². The Hall–Kier alpha value is -1.88. The van der Waals surface area contributed by atoms with Gasteiger partial charge in [0.15, 0.2) is 5.69 Å². The molecule has 3 rings (SSSR count). The Labute approximate surface area is 134 Å². The molecule has 1 saturated heterocycles. The molecule has 0 spiro atoms. The lowest BCUT2D eigenvalue weighted by Gasteiger charge is -2.18. The van der Waals surface area contributed by atoms with Crippen LogP contribution < -0.4 is 0 Å². The molecule has 2 heterocycles. The highest BCUT2D eigenvalue weighted by Crippen LogP contribution is 2.20. The standard InChI is InChI=1S/C16H19ClN4O/c1-12-5-4-9-20(10-8-12)16(22)14-11-21(19-18-14)15-7-3-2-6-13(15)17/h2-3,6-7,11-12H,4-5,8-10H2,1H3. The van der Waals surface area contributed by atoms with Crippen LogP contribution in [0.3, 0.4) is 0 Å². The van der Waals surface area contributed by atoms with Crippen molar-refractivity contribution in [2.24, 2.45) is 5.92 Å². The van der Waals surface area contributed by atoms with Gasteiger partial charge in [-0.15, -0.1) is 5.10 Å². The second-order valence-corrected chi connectivity index (χ2v) is 6.24. The smallest absolute Gasteiger partial charge is 0.276 e. The first-order chi connectivity index (χ1) is 10.6. The van der Waals surface area contributed by atoms with E-state index in [1.165, 1.54) is 6.42 Å². The molecule has 116 valence electrons. The Morgan fingerprint density at radius 1 is 1.27 bits per heavy atom. The Balaban J connectivity index is 1.78. The highest BCUT2D eigenvalue weighted by Gasteiger charge is 2.22. The minimum Gasteiger partial charge on any atom is -0.337 e. The minimum absolute atomic E-state index is 0.0487. The summed E-state index contributed by atoms with van der Waals surface area (Å²) < 4.78 is 1.55. The zero-order valence-corrected chi connectivity index (χ0v) is 13.3. The van der Waals surface area contributed by atoms with Gasteiger partial charge < -0.3 is 4.90 Å². The number of likely N-dealkylation sites (tertiary alicyclic amines) is 1. The second-order valence-electron chi connectivity index (χ2n) is 5.83. The van der Waals surface area contributed by atoms with Crippen LogP contribution in [0.1, 0.15) is 36.7 Å². The van der Waals surface area contributed by atoms with Crippen molar-refractivity contribution in [3.63, 3.8) is 0 Å². The van der Waals surface area contributed by atoms with E-state index in [4.69, 9.17) is 11.6 Å². The number of amides is 1. The van der Waals surface area contributed by atoms with Gasteiger partial charge in [0.25, 0.3) is 5.91 Å². The van der Waals surface area contributed by atoms with Crippen molar-refractivity contribution >= 4 is 17.5 Å². The van der Waals surface area contributed by atoms with Gasteiger partial charge in [-0.1, -0.05) is 35.9 Å². The lowest BCUT2D eigenvalue weighted by atomic mass is 10.0. The van der Waals surface area contributed by atoms with Crippen LogP contribution in [0.5, 0.6) is 0 Å². The average molecular weight is 319 g/mol. The van der Waals surface area contributed by atoms with E-state index in [2.05, 4.69) is 17.2 Å². The molecule has 1 fully saturated rings.